The lowest BCUT2D eigenvalue weighted by molar-refractivity contribution is 0.259. The molecule has 21 heavy (non-hydrogen) atoms. The van der Waals surface area contributed by atoms with E-state index in [2.05, 4.69) is 17.6 Å². The fourth-order valence-electron chi connectivity index (χ4n) is 2.02. The standard InChI is InChI=1S/C16H18ClN3O/c1-11(19-10-13-4-2-3-5-15(13)17)12-6-8-14(9-7-12)20-16(18)21/h2-9,11,19H,10H2,1H3,(H3,18,20,21). The maximum absolute atomic E-state index is 10.8. The first-order valence-corrected chi connectivity index (χ1v) is 7.07. The summed E-state index contributed by atoms with van der Waals surface area (Å²) in [4.78, 5) is 10.8. The van der Waals surface area contributed by atoms with Crippen molar-refractivity contribution < 1.29 is 4.79 Å². The molecule has 4 nitrogen and oxygen atoms in total. The van der Waals surface area contributed by atoms with Crippen LogP contribution in [0.2, 0.25) is 5.02 Å². The van der Waals surface area contributed by atoms with Crippen LogP contribution < -0.4 is 16.4 Å². The Morgan fingerprint density at radius 1 is 1.19 bits per heavy atom. The molecular formula is C16H18ClN3O. The molecule has 0 aromatic heterocycles. The fraction of sp³-hybridized carbons (Fsp3) is 0.188. The van der Waals surface area contributed by atoms with Crippen LogP contribution in [0.3, 0.4) is 0 Å². The summed E-state index contributed by atoms with van der Waals surface area (Å²) in [6, 6.07) is 14.9. The number of primary amides is 1. The molecule has 2 amide bonds. The predicted molar refractivity (Wildman–Crippen MR) is 86.4 cm³/mol. The molecule has 2 aromatic carbocycles. The van der Waals surface area contributed by atoms with Gasteiger partial charge in [-0.2, -0.15) is 0 Å². The molecule has 2 aromatic rings. The van der Waals surface area contributed by atoms with Crippen LogP contribution in [0.15, 0.2) is 48.5 Å². The van der Waals surface area contributed by atoms with E-state index in [1.54, 1.807) is 0 Å². The molecule has 0 heterocycles. The van der Waals surface area contributed by atoms with Crippen molar-refractivity contribution in [1.29, 1.82) is 0 Å². The SMILES string of the molecule is CC(NCc1ccccc1Cl)c1ccc(NC(N)=O)cc1. The van der Waals surface area contributed by atoms with Gasteiger partial charge in [0.25, 0.3) is 0 Å². The van der Waals surface area contributed by atoms with Gasteiger partial charge in [-0.05, 0) is 36.2 Å². The molecule has 0 saturated carbocycles. The lowest BCUT2D eigenvalue weighted by Crippen LogP contribution is -2.20. The number of carbonyl (C=O) groups is 1. The number of amides is 2. The molecule has 0 saturated heterocycles. The van der Waals surface area contributed by atoms with Gasteiger partial charge in [-0.1, -0.05) is 41.9 Å². The third kappa shape index (κ3) is 4.48. The zero-order valence-corrected chi connectivity index (χ0v) is 12.5. The van der Waals surface area contributed by atoms with Crippen molar-refractivity contribution in [2.45, 2.75) is 19.5 Å². The molecule has 0 aliphatic heterocycles. The number of carbonyl (C=O) groups excluding carboxylic acids is 1. The van der Waals surface area contributed by atoms with E-state index in [-0.39, 0.29) is 6.04 Å². The number of nitrogens with one attached hydrogen (secondary N) is 2. The van der Waals surface area contributed by atoms with Crippen molar-refractivity contribution >= 4 is 23.3 Å². The Labute approximate surface area is 129 Å². The average molecular weight is 304 g/mol. The van der Waals surface area contributed by atoms with Gasteiger partial charge in [0.05, 0.1) is 0 Å². The zero-order chi connectivity index (χ0) is 15.2. The molecule has 5 heteroatoms. The Morgan fingerprint density at radius 3 is 2.48 bits per heavy atom. The summed E-state index contributed by atoms with van der Waals surface area (Å²) in [6.45, 7) is 2.77. The third-order valence-electron chi connectivity index (χ3n) is 3.23. The van der Waals surface area contributed by atoms with Crippen molar-refractivity contribution in [3.63, 3.8) is 0 Å². The third-order valence-corrected chi connectivity index (χ3v) is 3.60. The molecule has 0 aliphatic carbocycles. The molecule has 0 spiro atoms. The first-order chi connectivity index (χ1) is 10.1. The van der Waals surface area contributed by atoms with Crippen LogP contribution in [0, 0.1) is 0 Å². The van der Waals surface area contributed by atoms with E-state index in [1.165, 1.54) is 0 Å². The first-order valence-electron chi connectivity index (χ1n) is 6.69. The molecular weight excluding hydrogens is 286 g/mol. The number of rotatable bonds is 5. The van der Waals surface area contributed by atoms with E-state index in [9.17, 15) is 4.79 Å². The normalized spacial score (nSPS) is 11.9. The highest BCUT2D eigenvalue weighted by Gasteiger charge is 2.06. The van der Waals surface area contributed by atoms with E-state index < -0.39 is 6.03 Å². The highest BCUT2D eigenvalue weighted by atomic mass is 35.5. The van der Waals surface area contributed by atoms with Gasteiger partial charge < -0.3 is 16.4 Å². The topological polar surface area (TPSA) is 67.2 Å². The number of urea groups is 1. The molecule has 0 radical (unpaired) electrons. The Hall–Kier alpha value is -2.04. The molecule has 0 aliphatic rings. The van der Waals surface area contributed by atoms with Gasteiger partial charge in [-0.25, -0.2) is 4.79 Å². The van der Waals surface area contributed by atoms with Crippen LogP contribution in [-0.4, -0.2) is 6.03 Å². The quantitative estimate of drug-likeness (QED) is 0.788. The number of hydrogen-bond acceptors (Lipinski definition) is 2. The summed E-state index contributed by atoms with van der Waals surface area (Å²) in [5.41, 5.74) is 7.95. The smallest absolute Gasteiger partial charge is 0.316 e. The summed E-state index contributed by atoms with van der Waals surface area (Å²) in [5, 5.41) is 6.72. The highest BCUT2D eigenvalue weighted by Crippen LogP contribution is 2.19. The van der Waals surface area contributed by atoms with E-state index in [0.29, 0.717) is 12.2 Å². The van der Waals surface area contributed by atoms with Gasteiger partial charge in [-0.15, -0.1) is 0 Å². The zero-order valence-electron chi connectivity index (χ0n) is 11.8. The summed E-state index contributed by atoms with van der Waals surface area (Å²) in [6.07, 6.45) is 0. The van der Waals surface area contributed by atoms with Gasteiger partial charge >= 0.3 is 6.03 Å². The van der Waals surface area contributed by atoms with Crippen LogP contribution in [0.1, 0.15) is 24.1 Å². The first kappa shape index (κ1) is 15.4. The summed E-state index contributed by atoms with van der Waals surface area (Å²) < 4.78 is 0. The Balaban J connectivity index is 1.95. The molecule has 110 valence electrons. The van der Waals surface area contributed by atoms with Gasteiger partial charge in [0.2, 0.25) is 0 Å². The van der Waals surface area contributed by atoms with Crippen LogP contribution in [0.25, 0.3) is 0 Å². The lowest BCUT2D eigenvalue weighted by Gasteiger charge is -2.15. The molecule has 0 bridgehead atoms. The Bertz CT molecular complexity index is 613. The van der Waals surface area contributed by atoms with E-state index in [1.807, 2.05) is 48.5 Å². The fourth-order valence-corrected chi connectivity index (χ4v) is 2.22. The minimum Gasteiger partial charge on any atom is -0.351 e. The maximum atomic E-state index is 10.8. The second kappa shape index (κ2) is 7.11. The number of anilines is 1. The van der Waals surface area contributed by atoms with Crippen LogP contribution in [0.4, 0.5) is 10.5 Å². The van der Waals surface area contributed by atoms with Crippen molar-refractivity contribution in [2.24, 2.45) is 5.73 Å². The molecule has 1 unspecified atom stereocenters. The predicted octanol–water partition coefficient (Wildman–Crippen LogP) is 3.68. The van der Waals surface area contributed by atoms with E-state index >= 15 is 0 Å². The maximum Gasteiger partial charge on any atom is 0.316 e. The van der Waals surface area contributed by atoms with E-state index in [0.717, 1.165) is 16.1 Å². The highest BCUT2D eigenvalue weighted by molar-refractivity contribution is 6.31. The number of hydrogen-bond donors (Lipinski definition) is 3. The molecule has 2 rings (SSSR count). The number of nitrogens with two attached hydrogens (primary N) is 1. The van der Waals surface area contributed by atoms with Gasteiger partial charge in [0.1, 0.15) is 0 Å². The van der Waals surface area contributed by atoms with Crippen LogP contribution in [0.5, 0.6) is 0 Å². The molecule has 0 fully saturated rings. The minimum atomic E-state index is -0.562. The largest absolute Gasteiger partial charge is 0.351 e. The average Bonchev–Trinajstić information content (AvgIpc) is 2.46. The van der Waals surface area contributed by atoms with Crippen molar-refractivity contribution in [1.82, 2.24) is 5.32 Å². The van der Waals surface area contributed by atoms with Crippen molar-refractivity contribution in [3.8, 4) is 0 Å². The number of halogens is 1. The van der Waals surface area contributed by atoms with E-state index in [4.69, 9.17) is 17.3 Å². The van der Waals surface area contributed by atoms with Crippen LogP contribution >= 0.6 is 11.6 Å². The second-order valence-corrected chi connectivity index (χ2v) is 5.21. The number of benzene rings is 2. The van der Waals surface area contributed by atoms with Gasteiger partial charge in [-0.3, -0.25) is 0 Å². The van der Waals surface area contributed by atoms with Crippen molar-refractivity contribution in [2.75, 3.05) is 5.32 Å². The van der Waals surface area contributed by atoms with Crippen molar-refractivity contribution in [3.05, 3.63) is 64.7 Å². The minimum absolute atomic E-state index is 0.170. The monoisotopic (exact) mass is 303 g/mol. The second-order valence-electron chi connectivity index (χ2n) is 4.81. The van der Waals surface area contributed by atoms with Crippen LogP contribution in [-0.2, 0) is 6.54 Å². The summed E-state index contributed by atoms with van der Waals surface area (Å²) in [7, 11) is 0. The molecule has 4 N–H and O–H groups in total. The Kier molecular flexibility index (Phi) is 5.20. The molecule has 1 atom stereocenters. The summed E-state index contributed by atoms with van der Waals surface area (Å²) in [5.74, 6) is 0. The lowest BCUT2D eigenvalue weighted by atomic mass is 10.1. The van der Waals surface area contributed by atoms with Gasteiger partial charge in [0.15, 0.2) is 0 Å². The summed E-state index contributed by atoms with van der Waals surface area (Å²) >= 11 is 6.13. The Morgan fingerprint density at radius 2 is 1.86 bits per heavy atom. The van der Waals surface area contributed by atoms with Gasteiger partial charge in [0, 0.05) is 23.3 Å².